The molecule has 106 valence electrons. The van der Waals surface area contributed by atoms with E-state index in [0.717, 1.165) is 11.6 Å². The van der Waals surface area contributed by atoms with Crippen molar-refractivity contribution in [3.8, 4) is 11.8 Å². The molecule has 0 amide bonds. The fourth-order valence-electron chi connectivity index (χ4n) is 2.00. The van der Waals surface area contributed by atoms with Crippen LogP contribution >= 0.6 is 0 Å². The lowest BCUT2D eigenvalue weighted by atomic mass is 10.1. The van der Waals surface area contributed by atoms with Crippen LogP contribution in [0.2, 0.25) is 0 Å². The Hall–Kier alpha value is -2.67. The summed E-state index contributed by atoms with van der Waals surface area (Å²) < 4.78 is 19.0. The molecular weight excluding hydrogens is 269 g/mol. The number of Topliss-reactive ketones (excluding diaryl/α,β-unsaturated/α-hetero) is 1. The van der Waals surface area contributed by atoms with E-state index in [0.29, 0.717) is 16.9 Å². The van der Waals surface area contributed by atoms with Crippen LogP contribution in [0.3, 0.4) is 0 Å². The van der Waals surface area contributed by atoms with E-state index in [2.05, 4.69) is 0 Å². The fraction of sp³-hybridized carbons (Fsp3) is 0.176. The molecule has 0 aliphatic carbocycles. The maximum Gasteiger partial charge on any atom is 0.163 e. The summed E-state index contributed by atoms with van der Waals surface area (Å²) in [4.78, 5) is 11.6. The van der Waals surface area contributed by atoms with Crippen LogP contribution in [-0.2, 0) is 6.61 Å². The van der Waals surface area contributed by atoms with Crippen LogP contribution in [0, 0.1) is 24.1 Å². The number of benzene rings is 2. The molecular formula is C17H14FNO2. The van der Waals surface area contributed by atoms with E-state index < -0.39 is 5.82 Å². The van der Waals surface area contributed by atoms with Crippen molar-refractivity contribution in [1.82, 2.24) is 0 Å². The monoisotopic (exact) mass is 283 g/mol. The van der Waals surface area contributed by atoms with E-state index in [-0.39, 0.29) is 18.0 Å². The third-order valence-electron chi connectivity index (χ3n) is 3.00. The van der Waals surface area contributed by atoms with Crippen molar-refractivity contribution in [2.45, 2.75) is 20.5 Å². The molecule has 0 unspecified atom stereocenters. The van der Waals surface area contributed by atoms with Gasteiger partial charge in [-0.15, -0.1) is 0 Å². The molecule has 2 aromatic rings. The zero-order chi connectivity index (χ0) is 15.4. The molecule has 0 aromatic heterocycles. The molecule has 0 radical (unpaired) electrons. The molecule has 0 aliphatic heterocycles. The first-order chi connectivity index (χ1) is 9.99. The second-order valence-corrected chi connectivity index (χ2v) is 4.80. The van der Waals surface area contributed by atoms with Crippen molar-refractivity contribution >= 4 is 5.78 Å². The number of halogens is 1. The number of ketones is 1. The molecule has 3 nitrogen and oxygen atoms in total. The standard InChI is InChI=1S/C17H14FNO2/c1-11-3-4-16(12(2)20)17(5-11)21-10-14-6-13(9-19)7-15(18)8-14/h3-8H,10H2,1-2H3. The highest BCUT2D eigenvalue weighted by molar-refractivity contribution is 5.96. The number of ether oxygens (including phenoxy) is 1. The SMILES string of the molecule is CC(=O)c1ccc(C)cc1OCc1cc(F)cc(C#N)c1. The zero-order valence-electron chi connectivity index (χ0n) is 11.8. The highest BCUT2D eigenvalue weighted by atomic mass is 19.1. The van der Waals surface area contributed by atoms with Crippen molar-refractivity contribution in [2.75, 3.05) is 0 Å². The molecule has 0 bridgehead atoms. The minimum Gasteiger partial charge on any atom is -0.488 e. The molecule has 0 fully saturated rings. The summed E-state index contributed by atoms with van der Waals surface area (Å²) in [5.74, 6) is -0.115. The molecule has 2 rings (SSSR count). The molecule has 0 heterocycles. The van der Waals surface area contributed by atoms with E-state index in [4.69, 9.17) is 10.00 Å². The van der Waals surface area contributed by atoms with Gasteiger partial charge in [0.1, 0.15) is 18.2 Å². The second kappa shape index (κ2) is 6.19. The van der Waals surface area contributed by atoms with Crippen LogP contribution in [-0.4, -0.2) is 5.78 Å². The van der Waals surface area contributed by atoms with Gasteiger partial charge in [0.25, 0.3) is 0 Å². The summed E-state index contributed by atoms with van der Waals surface area (Å²) in [6.07, 6.45) is 0. The normalized spacial score (nSPS) is 10.0. The Balaban J connectivity index is 2.24. The van der Waals surface area contributed by atoms with Crippen molar-refractivity contribution in [3.05, 3.63) is 64.5 Å². The third kappa shape index (κ3) is 3.67. The Morgan fingerprint density at radius 3 is 2.71 bits per heavy atom. The maximum atomic E-state index is 13.4. The number of hydrogen-bond acceptors (Lipinski definition) is 3. The Labute approximate surface area is 122 Å². The van der Waals surface area contributed by atoms with Gasteiger partial charge >= 0.3 is 0 Å². The smallest absolute Gasteiger partial charge is 0.163 e. The minimum absolute atomic E-state index is 0.0934. The van der Waals surface area contributed by atoms with Gasteiger partial charge in [-0.05, 0) is 55.3 Å². The van der Waals surface area contributed by atoms with E-state index in [1.807, 2.05) is 19.1 Å². The van der Waals surface area contributed by atoms with Crippen molar-refractivity contribution < 1.29 is 13.9 Å². The summed E-state index contributed by atoms with van der Waals surface area (Å²) in [6.45, 7) is 3.45. The van der Waals surface area contributed by atoms with E-state index in [1.165, 1.54) is 13.0 Å². The van der Waals surface area contributed by atoms with Crippen LogP contribution in [0.25, 0.3) is 0 Å². The highest BCUT2D eigenvalue weighted by Crippen LogP contribution is 2.22. The van der Waals surface area contributed by atoms with Crippen molar-refractivity contribution in [3.63, 3.8) is 0 Å². The summed E-state index contributed by atoms with van der Waals surface area (Å²) in [6, 6.07) is 11.2. The minimum atomic E-state index is -0.483. The van der Waals surface area contributed by atoms with Gasteiger partial charge in [0.15, 0.2) is 5.78 Å². The van der Waals surface area contributed by atoms with Gasteiger partial charge in [-0.1, -0.05) is 6.07 Å². The highest BCUT2D eigenvalue weighted by Gasteiger charge is 2.09. The van der Waals surface area contributed by atoms with Gasteiger partial charge in [0, 0.05) is 0 Å². The first-order valence-corrected chi connectivity index (χ1v) is 6.43. The number of rotatable bonds is 4. The van der Waals surface area contributed by atoms with Gasteiger partial charge in [0.05, 0.1) is 17.2 Å². The number of carbonyl (C=O) groups is 1. The molecule has 2 aromatic carbocycles. The number of hydrogen-bond donors (Lipinski definition) is 0. The maximum absolute atomic E-state index is 13.4. The van der Waals surface area contributed by atoms with Crippen molar-refractivity contribution in [1.29, 1.82) is 5.26 Å². The van der Waals surface area contributed by atoms with Crippen LogP contribution in [0.15, 0.2) is 36.4 Å². The van der Waals surface area contributed by atoms with Gasteiger partial charge in [-0.2, -0.15) is 5.26 Å². The van der Waals surface area contributed by atoms with Gasteiger partial charge in [-0.25, -0.2) is 4.39 Å². The predicted molar refractivity (Wildman–Crippen MR) is 76.6 cm³/mol. The lowest BCUT2D eigenvalue weighted by Crippen LogP contribution is -2.02. The molecule has 4 heteroatoms. The Morgan fingerprint density at radius 2 is 2.05 bits per heavy atom. The van der Waals surface area contributed by atoms with E-state index in [1.54, 1.807) is 18.2 Å². The number of aryl methyl sites for hydroxylation is 1. The summed E-state index contributed by atoms with van der Waals surface area (Å²) in [7, 11) is 0. The summed E-state index contributed by atoms with van der Waals surface area (Å²) in [5, 5.41) is 8.82. The first kappa shape index (κ1) is 14.7. The lowest BCUT2D eigenvalue weighted by Gasteiger charge is -2.11. The van der Waals surface area contributed by atoms with Gasteiger partial charge in [-0.3, -0.25) is 4.79 Å². The third-order valence-corrected chi connectivity index (χ3v) is 3.00. The number of nitrogens with zero attached hydrogens (tertiary/aromatic N) is 1. The largest absolute Gasteiger partial charge is 0.488 e. The predicted octanol–water partition coefficient (Wildman–Crippen LogP) is 3.79. The molecule has 0 N–H and O–H groups in total. The molecule has 0 aliphatic rings. The topological polar surface area (TPSA) is 50.1 Å². The zero-order valence-corrected chi connectivity index (χ0v) is 11.8. The average Bonchev–Trinajstić information content (AvgIpc) is 2.44. The lowest BCUT2D eigenvalue weighted by molar-refractivity contribution is 0.101. The number of carbonyl (C=O) groups excluding carboxylic acids is 1. The molecule has 0 saturated heterocycles. The molecule has 21 heavy (non-hydrogen) atoms. The Morgan fingerprint density at radius 1 is 1.29 bits per heavy atom. The van der Waals surface area contributed by atoms with E-state index in [9.17, 15) is 9.18 Å². The summed E-state index contributed by atoms with van der Waals surface area (Å²) in [5.41, 5.74) is 2.23. The van der Waals surface area contributed by atoms with Crippen LogP contribution < -0.4 is 4.74 Å². The van der Waals surface area contributed by atoms with Crippen LogP contribution in [0.4, 0.5) is 4.39 Å². The molecule has 0 saturated carbocycles. The Bertz CT molecular complexity index is 732. The molecule has 0 spiro atoms. The van der Waals surface area contributed by atoms with E-state index >= 15 is 0 Å². The van der Waals surface area contributed by atoms with Crippen LogP contribution in [0.5, 0.6) is 5.75 Å². The van der Waals surface area contributed by atoms with Crippen molar-refractivity contribution in [2.24, 2.45) is 0 Å². The van der Waals surface area contributed by atoms with Gasteiger partial charge < -0.3 is 4.74 Å². The fourth-order valence-corrected chi connectivity index (χ4v) is 2.00. The van der Waals surface area contributed by atoms with Crippen LogP contribution in [0.1, 0.15) is 34.0 Å². The summed E-state index contributed by atoms with van der Waals surface area (Å²) >= 11 is 0. The number of nitriles is 1. The Kier molecular flexibility index (Phi) is 4.34. The molecule has 0 atom stereocenters. The average molecular weight is 283 g/mol. The quantitative estimate of drug-likeness (QED) is 0.802. The first-order valence-electron chi connectivity index (χ1n) is 6.43. The van der Waals surface area contributed by atoms with Gasteiger partial charge in [0.2, 0.25) is 0 Å². The second-order valence-electron chi connectivity index (χ2n) is 4.80.